The Morgan fingerprint density at radius 1 is 1.33 bits per heavy atom. The van der Waals surface area contributed by atoms with Gasteiger partial charge in [-0.3, -0.25) is 4.90 Å². The lowest BCUT2D eigenvalue weighted by atomic mass is 10.5. The lowest BCUT2D eigenvalue weighted by Crippen LogP contribution is -2.30. The molecule has 0 rings (SSSR count). The molecular weight excluding hydrogens is 182 g/mol. The molecule has 0 aromatic heterocycles. The number of nitrogens with zero attached hydrogens (tertiary/aromatic N) is 1. The van der Waals surface area contributed by atoms with Crippen molar-refractivity contribution < 1.29 is 24.8 Å². The smallest absolute Gasteiger partial charge is 0.282 e. The van der Waals surface area contributed by atoms with Crippen molar-refractivity contribution in [3.63, 3.8) is 0 Å². The van der Waals surface area contributed by atoms with E-state index in [9.17, 15) is 0 Å². The maximum absolute atomic E-state index is 8.52. The van der Waals surface area contributed by atoms with Crippen LogP contribution < -0.4 is 9.32 Å². The minimum atomic E-state index is -2.60. The minimum absolute atomic E-state index is 0.937. The SMILES string of the molecule is C=CCN(C)CC=C.[O-][Cl+2]([O-])O. The first kappa shape index (κ1) is 14.2. The summed E-state index contributed by atoms with van der Waals surface area (Å²) in [5, 5.41) is 0. The summed E-state index contributed by atoms with van der Waals surface area (Å²) >= 11 is 0. The molecule has 0 aliphatic heterocycles. The molecule has 4 nitrogen and oxygen atoms in total. The van der Waals surface area contributed by atoms with Crippen molar-refractivity contribution in [3.8, 4) is 0 Å². The van der Waals surface area contributed by atoms with Crippen LogP contribution in [0.15, 0.2) is 25.3 Å². The summed E-state index contributed by atoms with van der Waals surface area (Å²) in [7, 11) is -0.571. The molecule has 0 heterocycles. The lowest BCUT2D eigenvalue weighted by molar-refractivity contribution is -1.63. The Balaban J connectivity index is 0. The molecule has 72 valence electrons. The van der Waals surface area contributed by atoms with E-state index in [-0.39, 0.29) is 0 Å². The van der Waals surface area contributed by atoms with Crippen LogP contribution >= 0.6 is 0 Å². The van der Waals surface area contributed by atoms with Crippen LogP contribution in [0.1, 0.15) is 0 Å². The van der Waals surface area contributed by atoms with Crippen molar-refractivity contribution in [2.45, 2.75) is 0 Å². The van der Waals surface area contributed by atoms with Crippen LogP contribution in [0.2, 0.25) is 0 Å². The van der Waals surface area contributed by atoms with Gasteiger partial charge >= 0.3 is 0 Å². The molecule has 0 atom stereocenters. The van der Waals surface area contributed by atoms with Gasteiger partial charge in [-0.1, -0.05) is 12.2 Å². The zero-order valence-electron chi connectivity index (χ0n) is 7.07. The maximum Gasteiger partial charge on any atom is 0.282 e. The van der Waals surface area contributed by atoms with E-state index in [4.69, 9.17) is 14.0 Å². The summed E-state index contributed by atoms with van der Waals surface area (Å²) in [5.41, 5.74) is 0. The molecule has 12 heavy (non-hydrogen) atoms. The number of hydrogen-bond acceptors (Lipinski definition) is 4. The van der Waals surface area contributed by atoms with Gasteiger partial charge in [-0.2, -0.15) is 0 Å². The van der Waals surface area contributed by atoms with Gasteiger partial charge in [0.25, 0.3) is 10.8 Å². The Morgan fingerprint density at radius 2 is 1.58 bits per heavy atom. The third-order valence-electron chi connectivity index (χ3n) is 0.882. The van der Waals surface area contributed by atoms with Crippen LogP contribution in [0, 0.1) is 10.8 Å². The van der Waals surface area contributed by atoms with E-state index in [1.807, 2.05) is 19.2 Å². The number of likely N-dealkylation sites (N-methyl/N-ethyl adjacent to an activating group) is 1. The van der Waals surface area contributed by atoms with Crippen LogP contribution in [0.3, 0.4) is 0 Å². The summed E-state index contributed by atoms with van der Waals surface area (Å²) in [5.74, 6) is 0. The highest BCUT2D eigenvalue weighted by Gasteiger charge is 1.86. The van der Waals surface area contributed by atoms with Gasteiger partial charge < -0.3 is 9.32 Å². The normalized spacial score (nSPS) is 9.17. The number of halogens is 1. The quantitative estimate of drug-likeness (QED) is 0.546. The van der Waals surface area contributed by atoms with Gasteiger partial charge in [0.1, 0.15) is 0 Å². The molecule has 0 radical (unpaired) electrons. The zero-order valence-corrected chi connectivity index (χ0v) is 7.83. The molecule has 0 aromatic carbocycles. The maximum atomic E-state index is 8.52. The fraction of sp³-hybridized carbons (Fsp3) is 0.429. The molecule has 5 heteroatoms. The molecule has 0 aliphatic carbocycles. The fourth-order valence-corrected chi connectivity index (χ4v) is 0.515. The second kappa shape index (κ2) is 10.6. The Bertz CT molecular complexity index is 106. The highest BCUT2D eigenvalue weighted by Crippen LogP contribution is 1.80. The Hall–Kier alpha value is -0.390. The number of hydrogen-bond donors (Lipinski definition) is 1. The van der Waals surface area contributed by atoms with Gasteiger partial charge in [-0.05, 0) is 7.05 Å². The predicted octanol–water partition coefficient (Wildman–Crippen LogP) is -1.64. The molecule has 0 bridgehead atoms. The van der Waals surface area contributed by atoms with Crippen LogP contribution in [0.5, 0.6) is 0 Å². The van der Waals surface area contributed by atoms with Gasteiger partial charge in [0.2, 0.25) is 0 Å². The van der Waals surface area contributed by atoms with Crippen molar-refractivity contribution in [1.82, 2.24) is 4.90 Å². The summed E-state index contributed by atoms with van der Waals surface area (Å²) in [6.45, 7) is 9.09. The van der Waals surface area contributed by atoms with E-state index in [0.717, 1.165) is 13.1 Å². The van der Waals surface area contributed by atoms with Crippen molar-refractivity contribution in [3.05, 3.63) is 25.3 Å². The summed E-state index contributed by atoms with van der Waals surface area (Å²) in [6.07, 6.45) is 3.76. The Morgan fingerprint density at radius 3 is 1.75 bits per heavy atom. The van der Waals surface area contributed by atoms with Crippen molar-refractivity contribution in [1.29, 1.82) is 0 Å². The molecule has 0 aromatic rings. The van der Waals surface area contributed by atoms with Crippen LogP contribution in [0.4, 0.5) is 0 Å². The third kappa shape index (κ3) is 22.6. The minimum Gasteiger partial charge on any atom is -0.321 e. The van der Waals surface area contributed by atoms with Crippen LogP contribution in [0.25, 0.3) is 0 Å². The van der Waals surface area contributed by atoms with Gasteiger partial charge in [0, 0.05) is 17.7 Å². The van der Waals surface area contributed by atoms with E-state index < -0.39 is 10.8 Å². The van der Waals surface area contributed by atoms with Gasteiger partial charge in [0.05, 0.1) is 0 Å². The predicted molar refractivity (Wildman–Crippen MR) is 40.1 cm³/mol. The Kier molecular flexibility index (Phi) is 12.5. The highest BCUT2D eigenvalue weighted by atomic mass is 35.6. The van der Waals surface area contributed by atoms with Gasteiger partial charge in [-0.25, -0.2) is 0 Å². The van der Waals surface area contributed by atoms with E-state index in [1.54, 1.807) is 0 Å². The molecule has 0 amide bonds. The van der Waals surface area contributed by atoms with E-state index in [2.05, 4.69) is 18.1 Å². The largest absolute Gasteiger partial charge is 0.321 e. The zero-order chi connectivity index (χ0) is 9.98. The monoisotopic (exact) mass is 195 g/mol. The summed E-state index contributed by atoms with van der Waals surface area (Å²) < 4.78 is 24.0. The lowest BCUT2D eigenvalue weighted by Gasteiger charge is -2.09. The van der Waals surface area contributed by atoms with E-state index in [0.29, 0.717) is 0 Å². The first-order valence-corrected chi connectivity index (χ1v) is 4.15. The van der Waals surface area contributed by atoms with Gasteiger partial charge in [0.15, 0.2) is 0 Å². The highest BCUT2D eigenvalue weighted by molar-refractivity contribution is 4.76. The molecule has 1 N–H and O–H groups in total. The van der Waals surface area contributed by atoms with Crippen molar-refractivity contribution in [2.24, 2.45) is 0 Å². The Labute approximate surface area is 75.8 Å². The van der Waals surface area contributed by atoms with E-state index in [1.165, 1.54) is 0 Å². The molecule has 0 aliphatic rings. The molecule has 0 unspecified atom stereocenters. The van der Waals surface area contributed by atoms with Gasteiger partial charge in [-0.15, -0.1) is 13.2 Å². The van der Waals surface area contributed by atoms with Crippen molar-refractivity contribution in [2.75, 3.05) is 20.1 Å². The standard InChI is InChI=1S/C7H13N.ClHO3/c1-4-6-8(3)7-5-2;2-1(3)4/h4-5H,1-2,6-7H2,3H3;2H. The second-order valence-corrected chi connectivity index (χ2v) is 2.40. The topological polar surface area (TPSA) is 69.6 Å². The average Bonchev–Trinajstić information content (AvgIpc) is 1.87. The van der Waals surface area contributed by atoms with Crippen LogP contribution in [-0.4, -0.2) is 29.7 Å². The third-order valence-corrected chi connectivity index (χ3v) is 0.882. The summed E-state index contributed by atoms with van der Waals surface area (Å²) in [4.78, 5) is 2.12. The fourth-order valence-electron chi connectivity index (χ4n) is 0.515. The average molecular weight is 196 g/mol. The van der Waals surface area contributed by atoms with Crippen LogP contribution in [-0.2, 0) is 0 Å². The molecule has 0 spiro atoms. The molecule has 0 saturated heterocycles. The first-order chi connectivity index (χ1) is 5.54. The number of rotatable bonds is 4. The second-order valence-electron chi connectivity index (χ2n) is 2.00. The summed E-state index contributed by atoms with van der Waals surface area (Å²) in [6, 6.07) is 0. The first-order valence-electron chi connectivity index (χ1n) is 3.19. The molecule has 0 saturated carbocycles. The van der Waals surface area contributed by atoms with Crippen molar-refractivity contribution >= 4 is 0 Å². The molecular formula is C7H14ClNO3. The molecule has 0 fully saturated rings. The van der Waals surface area contributed by atoms with E-state index >= 15 is 0 Å².